The van der Waals surface area contributed by atoms with Crippen LogP contribution < -0.4 is 15.5 Å². The zero-order valence-corrected chi connectivity index (χ0v) is 7.86. The molecule has 13 heavy (non-hydrogen) atoms. The molecule has 2 unspecified atom stereocenters. The van der Waals surface area contributed by atoms with E-state index in [1.165, 1.54) is 19.3 Å². The molecule has 72 valence electrons. The number of hydrogen-bond donors (Lipinski definition) is 1. The van der Waals surface area contributed by atoms with Crippen molar-refractivity contribution >= 4 is 0 Å². The van der Waals surface area contributed by atoms with E-state index in [4.69, 9.17) is 9.93 Å². The van der Waals surface area contributed by atoms with Crippen LogP contribution in [0.15, 0.2) is 10.7 Å². The molecule has 4 heteroatoms. The Morgan fingerprint density at radius 2 is 2.46 bits per heavy atom. The van der Waals surface area contributed by atoms with Crippen molar-refractivity contribution in [1.29, 1.82) is 5.41 Å². The second kappa shape index (κ2) is 3.36. The molecule has 2 atom stereocenters. The van der Waals surface area contributed by atoms with E-state index in [-0.39, 0.29) is 5.55 Å². The largest absolute Gasteiger partial charge is 0.487 e. The maximum atomic E-state index is 7.23. The lowest BCUT2D eigenvalue weighted by Crippen LogP contribution is -2.44. The van der Waals surface area contributed by atoms with Crippen molar-refractivity contribution in [3.05, 3.63) is 11.8 Å². The molecular weight excluding hydrogens is 166 g/mol. The minimum absolute atomic E-state index is 0.151. The average molecular weight is 181 g/mol. The molecular formula is C9H15N3O. The highest BCUT2D eigenvalue weighted by Crippen LogP contribution is 2.27. The summed E-state index contributed by atoms with van der Waals surface area (Å²) >= 11 is 0. The van der Waals surface area contributed by atoms with E-state index in [2.05, 4.69) is 12.2 Å². The third kappa shape index (κ3) is 1.82. The lowest BCUT2D eigenvalue weighted by atomic mass is 9.87. The summed E-state index contributed by atoms with van der Waals surface area (Å²) in [4.78, 5) is 0. The van der Waals surface area contributed by atoms with E-state index in [1.807, 2.05) is 0 Å². The molecule has 1 aromatic rings. The molecule has 0 radical (unpaired) electrons. The van der Waals surface area contributed by atoms with Gasteiger partial charge in [-0.2, -0.15) is 0 Å². The second-order valence-corrected chi connectivity index (χ2v) is 3.97. The monoisotopic (exact) mass is 181 g/mol. The van der Waals surface area contributed by atoms with Crippen LogP contribution >= 0.6 is 0 Å². The molecule has 4 nitrogen and oxygen atoms in total. The van der Waals surface area contributed by atoms with Gasteiger partial charge in [0, 0.05) is 12.8 Å². The van der Waals surface area contributed by atoms with Crippen molar-refractivity contribution in [2.75, 3.05) is 0 Å². The Hall–Kier alpha value is -1.06. The standard InChI is InChI=1S/C9H15N3O/c1-7-3-2-4-8(5-7)12-6-9(10)13-11-12/h6-8,10H,2-5H2,1H3. The molecule has 0 saturated heterocycles. The lowest BCUT2D eigenvalue weighted by Gasteiger charge is -2.23. The molecule has 2 rings (SSSR count). The number of hydrogen-bond acceptors (Lipinski definition) is 2. The summed E-state index contributed by atoms with van der Waals surface area (Å²) < 4.78 is 6.54. The second-order valence-electron chi connectivity index (χ2n) is 3.97. The van der Waals surface area contributed by atoms with Crippen LogP contribution in [0.5, 0.6) is 0 Å². The van der Waals surface area contributed by atoms with Gasteiger partial charge < -0.3 is 4.52 Å². The van der Waals surface area contributed by atoms with E-state index in [1.54, 1.807) is 10.9 Å². The molecule has 1 aliphatic rings. The SMILES string of the molecule is CC1CCCC([n+]2cc(=N)o[n-]2)C1. The van der Waals surface area contributed by atoms with Gasteiger partial charge in [0.25, 0.3) is 5.55 Å². The van der Waals surface area contributed by atoms with E-state index < -0.39 is 0 Å². The highest BCUT2D eigenvalue weighted by molar-refractivity contribution is 4.65. The number of rotatable bonds is 1. The molecule has 1 aromatic heterocycles. The molecule has 0 spiro atoms. The molecule has 1 heterocycles. The Morgan fingerprint density at radius 3 is 3.08 bits per heavy atom. The number of aromatic nitrogens is 2. The first-order valence-corrected chi connectivity index (χ1v) is 4.85. The molecule has 1 aliphatic carbocycles. The predicted octanol–water partition coefficient (Wildman–Crippen LogP) is 0.755. The Morgan fingerprint density at radius 1 is 1.62 bits per heavy atom. The third-order valence-corrected chi connectivity index (χ3v) is 2.77. The van der Waals surface area contributed by atoms with Gasteiger partial charge in [0.2, 0.25) is 6.20 Å². The van der Waals surface area contributed by atoms with Gasteiger partial charge in [-0.1, -0.05) is 13.3 Å². The zero-order valence-electron chi connectivity index (χ0n) is 7.86. The molecule has 0 aromatic carbocycles. The molecule has 0 bridgehead atoms. The van der Waals surface area contributed by atoms with Crippen molar-refractivity contribution in [2.45, 2.75) is 38.6 Å². The van der Waals surface area contributed by atoms with Crippen LogP contribution in [-0.2, 0) is 0 Å². The maximum absolute atomic E-state index is 7.23. The normalized spacial score (nSPS) is 29.0. The molecule has 0 amide bonds. The van der Waals surface area contributed by atoms with Crippen LogP contribution in [-0.4, -0.2) is 0 Å². The van der Waals surface area contributed by atoms with E-state index in [9.17, 15) is 0 Å². The minimum Gasteiger partial charge on any atom is -0.487 e. The van der Waals surface area contributed by atoms with Crippen LogP contribution in [0.3, 0.4) is 0 Å². The Kier molecular flexibility index (Phi) is 2.20. The van der Waals surface area contributed by atoms with Gasteiger partial charge in [-0.05, 0) is 12.3 Å². The fourth-order valence-electron chi connectivity index (χ4n) is 2.07. The van der Waals surface area contributed by atoms with Crippen LogP contribution in [0.25, 0.3) is 0 Å². The predicted molar refractivity (Wildman–Crippen MR) is 44.7 cm³/mol. The fourth-order valence-corrected chi connectivity index (χ4v) is 2.07. The van der Waals surface area contributed by atoms with Gasteiger partial charge >= 0.3 is 0 Å². The fraction of sp³-hybridized carbons (Fsp3) is 0.778. The summed E-state index contributed by atoms with van der Waals surface area (Å²) in [6, 6.07) is 0.451. The summed E-state index contributed by atoms with van der Waals surface area (Å²) in [6.07, 6.45) is 6.59. The summed E-state index contributed by atoms with van der Waals surface area (Å²) in [7, 11) is 0. The van der Waals surface area contributed by atoms with Crippen LogP contribution in [0, 0.1) is 11.3 Å². The average Bonchev–Trinajstić information content (AvgIpc) is 2.52. The van der Waals surface area contributed by atoms with Gasteiger partial charge in [-0.25, -0.2) is 4.68 Å². The highest BCUT2D eigenvalue weighted by Gasteiger charge is 2.24. The van der Waals surface area contributed by atoms with E-state index >= 15 is 0 Å². The van der Waals surface area contributed by atoms with Crippen LogP contribution in [0.4, 0.5) is 0 Å². The Bertz CT molecular complexity index is 328. The topological polar surface area (TPSA) is 55.0 Å². The molecule has 0 aliphatic heterocycles. The van der Waals surface area contributed by atoms with Gasteiger partial charge in [0.15, 0.2) is 6.04 Å². The van der Waals surface area contributed by atoms with Gasteiger partial charge in [-0.15, -0.1) is 0 Å². The quantitative estimate of drug-likeness (QED) is 0.650. The highest BCUT2D eigenvalue weighted by atomic mass is 16.5. The first-order chi connectivity index (χ1) is 6.25. The molecule has 1 fully saturated rings. The maximum Gasteiger partial charge on any atom is 0.264 e. The van der Waals surface area contributed by atoms with Crippen molar-refractivity contribution in [3.8, 4) is 0 Å². The summed E-state index contributed by atoms with van der Waals surface area (Å²) in [6.45, 7) is 2.27. The minimum atomic E-state index is 0.151. The first-order valence-electron chi connectivity index (χ1n) is 4.85. The Labute approximate surface area is 77.0 Å². The van der Waals surface area contributed by atoms with E-state index in [0.717, 1.165) is 12.3 Å². The van der Waals surface area contributed by atoms with Crippen molar-refractivity contribution in [3.63, 3.8) is 0 Å². The van der Waals surface area contributed by atoms with Gasteiger partial charge in [0.05, 0.1) is 0 Å². The summed E-state index contributed by atoms with van der Waals surface area (Å²) in [5.74, 6) is 0.775. The van der Waals surface area contributed by atoms with Crippen molar-refractivity contribution in [1.82, 2.24) is 5.27 Å². The zero-order chi connectivity index (χ0) is 9.26. The molecule has 1 N–H and O–H groups in total. The van der Waals surface area contributed by atoms with Crippen molar-refractivity contribution in [2.24, 2.45) is 5.92 Å². The first kappa shape index (κ1) is 8.53. The van der Waals surface area contributed by atoms with E-state index in [0.29, 0.717) is 6.04 Å². The van der Waals surface area contributed by atoms with Crippen molar-refractivity contribution < 1.29 is 9.20 Å². The number of nitrogens with one attached hydrogen (secondary N) is 1. The third-order valence-electron chi connectivity index (χ3n) is 2.77. The summed E-state index contributed by atoms with van der Waals surface area (Å²) in [5, 5.41) is 11.1. The van der Waals surface area contributed by atoms with Gasteiger partial charge in [-0.3, -0.25) is 10.7 Å². The lowest BCUT2D eigenvalue weighted by molar-refractivity contribution is -0.793. The van der Waals surface area contributed by atoms with Gasteiger partial charge in [0.1, 0.15) is 0 Å². The molecule has 1 saturated carbocycles. The van der Waals surface area contributed by atoms with Crippen LogP contribution in [0.2, 0.25) is 0 Å². The number of nitrogens with zero attached hydrogens (tertiary/aromatic N) is 2. The summed E-state index contributed by atoms with van der Waals surface area (Å²) in [5.41, 5.74) is 0.151. The Balaban J connectivity index is 2.12. The smallest absolute Gasteiger partial charge is 0.264 e. The van der Waals surface area contributed by atoms with Crippen LogP contribution in [0.1, 0.15) is 38.6 Å².